The Kier molecular flexibility index (Phi) is 12.3. The van der Waals surface area contributed by atoms with Crippen LogP contribution in [0.4, 0.5) is 5.69 Å². The van der Waals surface area contributed by atoms with Gasteiger partial charge in [-0.2, -0.15) is 0 Å². The van der Waals surface area contributed by atoms with Crippen LogP contribution in [-0.2, 0) is 32.6 Å². The van der Waals surface area contributed by atoms with Crippen molar-refractivity contribution in [3.05, 3.63) is 129 Å². The van der Waals surface area contributed by atoms with Gasteiger partial charge in [0.05, 0.1) is 20.6 Å². The zero-order chi connectivity index (χ0) is 32.4. The van der Waals surface area contributed by atoms with Crippen molar-refractivity contribution in [1.82, 2.24) is 10.2 Å². The summed E-state index contributed by atoms with van der Waals surface area (Å²) in [4.78, 5) is 29.6. The van der Waals surface area contributed by atoms with E-state index in [1.54, 1.807) is 48.5 Å². The number of carbonyl (C=O) groups excluding carboxylic acids is 2. The van der Waals surface area contributed by atoms with E-state index < -0.39 is 28.5 Å². The molecule has 0 unspecified atom stereocenters. The van der Waals surface area contributed by atoms with Crippen LogP contribution in [-0.4, -0.2) is 44.3 Å². The second-order valence-corrected chi connectivity index (χ2v) is 13.5. The second kappa shape index (κ2) is 16.1. The van der Waals surface area contributed by atoms with Crippen molar-refractivity contribution in [3.8, 4) is 0 Å². The van der Waals surface area contributed by atoms with E-state index in [4.69, 9.17) is 34.8 Å². The molecule has 1 N–H and O–H groups in total. The number of anilines is 1. The van der Waals surface area contributed by atoms with Gasteiger partial charge in [-0.3, -0.25) is 13.9 Å². The molecule has 4 aromatic carbocycles. The third kappa shape index (κ3) is 9.23. The molecule has 4 aromatic rings. The van der Waals surface area contributed by atoms with Gasteiger partial charge in [-0.15, -0.1) is 0 Å². The Morgan fingerprint density at radius 3 is 2.07 bits per heavy atom. The molecule has 0 aliphatic heterocycles. The fourth-order valence-electron chi connectivity index (χ4n) is 4.75. The van der Waals surface area contributed by atoms with E-state index in [9.17, 15) is 18.0 Å². The molecule has 11 heteroatoms. The van der Waals surface area contributed by atoms with E-state index >= 15 is 0 Å². The molecule has 236 valence electrons. The van der Waals surface area contributed by atoms with E-state index in [1.807, 2.05) is 37.3 Å². The highest BCUT2D eigenvalue weighted by molar-refractivity contribution is 7.92. The van der Waals surface area contributed by atoms with E-state index in [-0.39, 0.29) is 23.8 Å². The maximum atomic E-state index is 14.4. The van der Waals surface area contributed by atoms with Crippen molar-refractivity contribution in [3.63, 3.8) is 0 Å². The molecule has 0 fully saturated rings. The van der Waals surface area contributed by atoms with Crippen molar-refractivity contribution in [1.29, 1.82) is 0 Å². The Labute approximate surface area is 279 Å². The van der Waals surface area contributed by atoms with Crippen LogP contribution in [0, 0.1) is 0 Å². The lowest BCUT2D eigenvalue weighted by atomic mass is 10.0. The number of halogens is 3. The molecular formula is C34H34Cl3N3O4S. The number of sulfonamides is 1. The normalized spacial score (nSPS) is 11.9. The summed E-state index contributed by atoms with van der Waals surface area (Å²) in [7, 11) is -4.22. The fraction of sp³-hybridized carbons (Fsp3) is 0.235. The minimum absolute atomic E-state index is 0.0158. The van der Waals surface area contributed by atoms with E-state index in [0.29, 0.717) is 32.9 Å². The molecule has 0 bridgehead atoms. The highest BCUT2D eigenvalue weighted by Gasteiger charge is 2.34. The Bertz CT molecular complexity index is 1690. The topological polar surface area (TPSA) is 86.8 Å². The van der Waals surface area contributed by atoms with Gasteiger partial charge in [0, 0.05) is 24.5 Å². The molecule has 0 heterocycles. The van der Waals surface area contributed by atoms with Crippen LogP contribution < -0.4 is 9.62 Å². The van der Waals surface area contributed by atoms with Gasteiger partial charge in [0.1, 0.15) is 12.6 Å². The molecule has 4 rings (SSSR count). The standard InChI is InChI=1S/C34H34Cl3N3O4S/c1-2-3-20-38-34(42)32(22-25-10-6-4-7-11-25)39(23-26-14-19-30(36)31(37)21-26)33(41)24-40(28-12-8-5-9-13-28)45(43,44)29-17-15-27(35)16-18-29/h4-19,21,32H,2-3,20,22-24H2,1H3,(H,38,42)/t32-/m0/s1. The van der Waals surface area contributed by atoms with Gasteiger partial charge in [0.25, 0.3) is 10.0 Å². The quantitative estimate of drug-likeness (QED) is 0.140. The number of para-hydroxylation sites is 1. The number of hydrogen-bond donors (Lipinski definition) is 1. The van der Waals surface area contributed by atoms with Gasteiger partial charge in [-0.05, 0) is 66.1 Å². The third-order valence-electron chi connectivity index (χ3n) is 7.16. The summed E-state index contributed by atoms with van der Waals surface area (Å²) < 4.78 is 29.1. The Morgan fingerprint density at radius 2 is 1.44 bits per heavy atom. The summed E-state index contributed by atoms with van der Waals surface area (Å²) in [5.74, 6) is -0.915. The van der Waals surface area contributed by atoms with E-state index in [2.05, 4.69) is 5.32 Å². The second-order valence-electron chi connectivity index (χ2n) is 10.4. The first-order chi connectivity index (χ1) is 21.6. The number of hydrogen-bond acceptors (Lipinski definition) is 4. The van der Waals surface area contributed by atoms with Crippen LogP contribution >= 0.6 is 34.8 Å². The molecule has 1 atom stereocenters. The monoisotopic (exact) mass is 685 g/mol. The Balaban J connectivity index is 1.78. The van der Waals surface area contributed by atoms with Gasteiger partial charge in [-0.1, -0.05) is 103 Å². The van der Waals surface area contributed by atoms with E-state index in [0.717, 1.165) is 22.7 Å². The first-order valence-electron chi connectivity index (χ1n) is 14.5. The highest BCUT2D eigenvalue weighted by Crippen LogP contribution is 2.27. The smallest absolute Gasteiger partial charge is 0.264 e. The lowest BCUT2D eigenvalue weighted by Gasteiger charge is -2.34. The van der Waals surface area contributed by atoms with Gasteiger partial charge in [0.15, 0.2) is 0 Å². The predicted octanol–water partition coefficient (Wildman–Crippen LogP) is 7.40. The van der Waals surface area contributed by atoms with Crippen LogP contribution in [0.2, 0.25) is 15.1 Å². The molecule has 0 aliphatic carbocycles. The molecular weight excluding hydrogens is 653 g/mol. The Hall–Kier alpha value is -3.56. The lowest BCUT2D eigenvalue weighted by molar-refractivity contribution is -0.140. The maximum Gasteiger partial charge on any atom is 0.264 e. The number of carbonyl (C=O) groups is 2. The number of rotatable bonds is 14. The first-order valence-corrected chi connectivity index (χ1v) is 17.1. The number of unbranched alkanes of at least 4 members (excludes halogenated alkanes) is 1. The summed E-state index contributed by atoms with van der Waals surface area (Å²) in [5.41, 5.74) is 1.76. The number of nitrogens with zero attached hydrogens (tertiary/aromatic N) is 2. The van der Waals surface area contributed by atoms with Crippen LogP contribution in [0.3, 0.4) is 0 Å². The molecule has 7 nitrogen and oxygen atoms in total. The first kappa shape index (κ1) is 34.3. The fourth-order valence-corrected chi connectivity index (χ4v) is 6.61. The third-order valence-corrected chi connectivity index (χ3v) is 9.94. The van der Waals surface area contributed by atoms with Crippen molar-refractivity contribution >= 4 is 62.3 Å². The van der Waals surface area contributed by atoms with Gasteiger partial charge >= 0.3 is 0 Å². The van der Waals surface area contributed by atoms with Crippen LogP contribution in [0.5, 0.6) is 0 Å². The van der Waals surface area contributed by atoms with Gasteiger partial charge in [0.2, 0.25) is 11.8 Å². The summed E-state index contributed by atoms with van der Waals surface area (Å²) in [6.07, 6.45) is 1.86. The van der Waals surface area contributed by atoms with Gasteiger partial charge < -0.3 is 10.2 Å². The predicted molar refractivity (Wildman–Crippen MR) is 181 cm³/mol. The molecule has 0 aromatic heterocycles. The number of amides is 2. The molecule has 45 heavy (non-hydrogen) atoms. The van der Waals surface area contributed by atoms with Crippen LogP contribution in [0.15, 0.2) is 108 Å². The molecule has 2 amide bonds. The zero-order valence-electron chi connectivity index (χ0n) is 24.7. The molecule has 0 saturated carbocycles. The summed E-state index contributed by atoms with van der Waals surface area (Å²) in [6.45, 7) is 1.88. The van der Waals surface area contributed by atoms with Crippen LogP contribution in [0.1, 0.15) is 30.9 Å². The van der Waals surface area contributed by atoms with E-state index in [1.165, 1.54) is 29.2 Å². The van der Waals surface area contributed by atoms with Crippen molar-refractivity contribution in [2.75, 3.05) is 17.4 Å². The molecule has 0 saturated heterocycles. The maximum absolute atomic E-state index is 14.4. The van der Waals surface area contributed by atoms with Crippen molar-refractivity contribution in [2.45, 2.75) is 43.7 Å². The van der Waals surface area contributed by atoms with Crippen LogP contribution in [0.25, 0.3) is 0 Å². The zero-order valence-corrected chi connectivity index (χ0v) is 27.8. The minimum atomic E-state index is -4.22. The van der Waals surface area contributed by atoms with Crippen molar-refractivity contribution in [2.24, 2.45) is 0 Å². The largest absolute Gasteiger partial charge is 0.354 e. The Morgan fingerprint density at radius 1 is 0.800 bits per heavy atom. The number of benzene rings is 4. The summed E-state index contributed by atoms with van der Waals surface area (Å²) >= 11 is 18.5. The average molecular weight is 687 g/mol. The molecule has 0 radical (unpaired) electrons. The summed E-state index contributed by atoms with van der Waals surface area (Å²) in [5, 5.41) is 3.99. The SMILES string of the molecule is CCCCNC(=O)[C@H](Cc1ccccc1)N(Cc1ccc(Cl)c(Cl)c1)C(=O)CN(c1ccccc1)S(=O)(=O)c1ccc(Cl)cc1. The van der Waals surface area contributed by atoms with Crippen molar-refractivity contribution < 1.29 is 18.0 Å². The molecule has 0 spiro atoms. The minimum Gasteiger partial charge on any atom is -0.354 e. The molecule has 0 aliphatic rings. The highest BCUT2D eigenvalue weighted by atomic mass is 35.5. The van der Waals surface area contributed by atoms with Gasteiger partial charge in [-0.25, -0.2) is 8.42 Å². The summed E-state index contributed by atoms with van der Waals surface area (Å²) in [6, 6.07) is 27.5. The lowest BCUT2D eigenvalue weighted by Crippen LogP contribution is -2.53. The number of nitrogens with one attached hydrogen (secondary N) is 1. The average Bonchev–Trinajstić information content (AvgIpc) is 3.04.